The average Bonchev–Trinajstić information content (AvgIpc) is 2.38. The van der Waals surface area contributed by atoms with Gasteiger partial charge in [0.2, 0.25) is 0 Å². The molecule has 0 bridgehead atoms. The third kappa shape index (κ3) is 17.1. The van der Waals surface area contributed by atoms with Crippen molar-refractivity contribution in [1.29, 1.82) is 0 Å². The van der Waals surface area contributed by atoms with Crippen LogP contribution in [-0.4, -0.2) is 63.9 Å². The van der Waals surface area contributed by atoms with Gasteiger partial charge in [-0.3, -0.25) is 4.79 Å². The van der Waals surface area contributed by atoms with Gasteiger partial charge in [-0.1, -0.05) is 5.57 Å². The second-order valence-corrected chi connectivity index (χ2v) is 4.30. The van der Waals surface area contributed by atoms with E-state index in [1.54, 1.807) is 0 Å². The first-order chi connectivity index (χ1) is 9.63. The Bertz CT molecular complexity index is 228. The van der Waals surface area contributed by atoms with E-state index in [1.165, 1.54) is 0 Å². The normalized spacial score (nSPS) is 10.7. The van der Waals surface area contributed by atoms with Gasteiger partial charge < -0.3 is 24.1 Å². The SMILES string of the molecule is C=C(C)CCOCCOCCOCCOCCC(=O)O. The fourth-order valence-electron chi connectivity index (χ4n) is 1.17. The summed E-state index contributed by atoms with van der Waals surface area (Å²) in [5.74, 6) is -0.857. The van der Waals surface area contributed by atoms with E-state index in [0.717, 1.165) is 12.0 Å². The first kappa shape index (κ1) is 19.1. The Morgan fingerprint density at radius 2 is 1.15 bits per heavy atom. The van der Waals surface area contributed by atoms with Crippen LogP contribution in [0, 0.1) is 0 Å². The molecule has 0 aromatic rings. The van der Waals surface area contributed by atoms with Gasteiger partial charge >= 0.3 is 5.97 Å². The van der Waals surface area contributed by atoms with Gasteiger partial charge in [0.25, 0.3) is 0 Å². The molecule has 0 aliphatic heterocycles. The van der Waals surface area contributed by atoms with Crippen LogP contribution in [0.3, 0.4) is 0 Å². The molecule has 0 aromatic carbocycles. The van der Waals surface area contributed by atoms with E-state index in [9.17, 15) is 4.79 Å². The molecule has 6 heteroatoms. The number of hydrogen-bond acceptors (Lipinski definition) is 5. The highest BCUT2D eigenvalue weighted by atomic mass is 16.6. The van der Waals surface area contributed by atoms with E-state index in [4.69, 9.17) is 24.1 Å². The van der Waals surface area contributed by atoms with Crippen molar-refractivity contribution in [2.45, 2.75) is 19.8 Å². The van der Waals surface area contributed by atoms with E-state index in [1.807, 2.05) is 6.92 Å². The first-order valence-corrected chi connectivity index (χ1v) is 6.80. The van der Waals surface area contributed by atoms with E-state index < -0.39 is 5.97 Å². The van der Waals surface area contributed by atoms with Gasteiger partial charge in [0.05, 0.1) is 59.3 Å². The van der Waals surface area contributed by atoms with Crippen molar-refractivity contribution >= 4 is 5.97 Å². The van der Waals surface area contributed by atoms with Crippen molar-refractivity contribution < 1.29 is 28.8 Å². The lowest BCUT2D eigenvalue weighted by molar-refractivity contribution is -0.138. The molecule has 0 aliphatic rings. The molecule has 1 N–H and O–H groups in total. The summed E-state index contributed by atoms with van der Waals surface area (Å²) in [4.78, 5) is 10.2. The van der Waals surface area contributed by atoms with Crippen LogP contribution in [0.5, 0.6) is 0 Å². The second kappa shape index (κ2) is 14.5. The molecule has 6 nitrogen and oxygen atoms in total. The van der Waals surface area contributed by atoms with Crippen LogP contribution in [0.4, 0.5) is 0 Å². The highest BCUT2D eigenvalue weighted by Crippen LogP contribution is 1.94. The minimum Gasteiger partial charge on any atom is -0.481 e. The van der Waals surface area contributed by atoms with Crippen LogP contribution in [0.25, 0.3) is 0 Å². The van der Waals surface area contributed by atoms with E-state index in [-0.39, 0.29) is 13.0 Å². The number of carboxylic acid groups (broad SMARTS) is 1. The summed E-state index contributed by atoms with van der Waals surface area (Å²) in [5.41, 5.74) is 1.12. The maximum absolute atomic E-state index is 10.2. The fourth-order valence-corrected chi connectivity index (χ4v) is 1.17. The van der Waals surface area contributed by atoms with Crippen molar-refractivity contribution in [2.24, 2.45) is 0 Å². The van der Waals surface area contributed by atoms with E-state index in [2.05, 4.69) is 6.58 Å². The lowest BCUT2D eigenvalue weighted by Gasteiger charge is -2.07. The molecule has 0 aromatic heterocycles. The molecule has 0 heterocycles. The lowest BCUT2D eigenvalue weighted by Crippen LogP contribution is -2.12. The van der Waals surface area contributed by atoms with Crippen molar-refractivity contribution in [2.75, 3.05) is 52.9 Å². The van der Waals surface area contributed by atoms with Crippen LogP contribution in [0.15, 0.2) is 12.2 Å². The van der Waals surface area contributed by atoms with Crippen LogP contribution >= 0.6 is 0 Å². The molecular formula is C14H26O6. The van der Waals surface area contributed by atoms with Crippen molar-refractivity contribution in [3.05, 3.63) is 12.2 Å². The maximum atomic E-state index is 10.2. The van der Waals surface area contributed by atoms with E-state index in [0.29, 0.717) is 46.2 Å². The molecule has 0 atom stereocenters. The topological polar surface area (TPSA) is 74.2 Å². The van der Waals surface area contributed by atoms with Gasteiger partial charge in [-0.25, -0.2) is 0 Å². The van der Waals surface area contributed by atoms with Gasteiger partial charge in [-0.05, 0) is 13.3 Å². The predicted molar refractivity (Wildman–Crippen MR) is 75.0 cm³/mol. The zero-order chi connectivity index (χ0) is 15.1. The highest BCUT2D eigenvalue weighted by molar-refractivity contribution is 5.66. The number of aliphatic carboxylic acids is 1. The van der Waals surface area contributed by atoms with Crippen LogP contribution in [-0.2, 0) is 23.7 Å². The van der Waals surface area contributed by atoms with Crippen molar-refractivity contribution in [1.82, 2.24) is 0 Å². The summed E-state index contributed by atoms with van der Waals surface area (Å²) in [6.07, 6.45) is 0.902. The second-order valence-electron chi connectivity index (χ2n) is 4.30. The van der Waals surface area contributed by atoms with E-state index >= 15 is 0 Å². The first-order valence-electron chi connectivity index (χ1n) is 6.80. The lowest BCUT2D eigenvalue weighted by atomic mass is 10.3. The Morgan fingerprint density at radius 3 is 1.50 bits per heavy atom. The monoisotopic (exact) mass is 290 g/mol. The molecule has 0 rings (SSSR count). The largest absolute Gasteiger partial charge is 0.481 e. The van der Waals surface area contributed by atoms with Crippen LogP contribution in [0.1, 0.15) is 19.8 Å². The van der Waals surface area contributed by atoms with Gasteiger partial charge in [-0.2, -0.15) is 0 Å². The van der Waals surface area contributed by atoms with Crippen molar-refractivity contribution in [3.8, 4) is 0 Å². The van der Waals surface area contributed by atoms with Crippen molar-refractivity contribution in [3.63, 3.8) is 0 Å². The molecule has 0 fully saturated rings. The predicted octanol–water partition coefficient (Wildman–Crippen LogP) is 1.49. The molecule has 0 aliphatic carbocycles. The molecule has 0 spiro atoms. The number of rotatable bonds is 15. The van der Waals surface area contributed by atoms with Crippen LogP contribution in [0.2, 0.25) is 0 Å². The highest BCUT2D eigenvalue weighted by Gasteiger charge is 1.96. The molecule has 0 saturated heterocycles. The summed E-state index contributed by atoms with van der Waals surface area (Å²) in [7, 11) is 0. The van der Waals surface area contributed by atoms with Gasteiger partial charge in [0.1, 0.15) is 0 Å². The summed E-state index contributed by atoms with van der Waals surface area (Å²) in [6, 6.07) is 0. The Labute approximate surface area is 120 Å². The minimum absolute atomic E-state index is 0.0223. The number of carbonyl (C=O) groups is 1. The van der Waals surface area contributed by atoms with Crippen LogP contribution < -0.4 is 0 Å². The summed E-state index contributed by atoms with van der Waals surface area (Å²) >= 11 is 0. The third-order valence-corrected chi connectivity index (χ3v) is 2.25. The Kier molecular flexibility index (Phi) is 13.8. The average molecular weight is 290 g/mol. The zero-order valence-corrected chi connectivity index (χ0v) is 12.3. The molecule has 20 heavy (non-hydrogen) atoms. The number of ether oxygens (including phenoxy) is 4. The van der Waals surface area contributed by atoms with Gasteiger partial charge in [0, 0.05) is 0 Å². The maximum Gasteiger partial charge on any atom is 0.305 e. The third-order valence-electron chi connectivity index (χ3n) is 2.25. The zero-order valence-electron chi connectivity index (χ0n) is 12.3. The smallest absolute Gasteiger partial charge is 0.305 e. The minimum atomic E-state index is -0.857. The number of carboxylic acids is 1. The molecule has 0 saturated carbocycles. The standard InChI is InChI=1S/C14H26O6/c1-13(2)3-5-17-7-9-19-11-12-20-10-8-18-6-4-14(15)16/h1,3-12H2,2H3,(H,15,16). The Morgan fingerprint density at radius 1 is 0.800 bits per heavy atom. The summed E-state index contributed by atoms with van der Waals surface area (Å²) < 4.78 is 21.0. The Balaban J connectivity index is 2.99. The Hall–Kier alpha value is -0.950. The molecule has 118 valence electrons. The summed E-state index contributed by atoms with van der Waals surface area (Å²) in [6.45, 7) is 9.64. The quantitative estimate of drug-likeness (QED) is 0.364. The number of hydrogen-bond donors (Lipinski definition) is 1. The molecule has 0 unspecified atom stereocenters. The van der Waals surface area contributed by atoms with Gasteiger partial charge in [-0.15, -0.1) is 6.58 Å². The van der Waals surface area contributed by atoms with Gasteiger partial charge in [0.15, 0.2) is 0 Å². The summed E-state index contributed by atoms with van der Waals surface area (Å²) in [5, 5.41) is 8.38. The molecule has 0 radical (unpaired) electrons. The molecular weight excluding hydrogens is 264 g/mol. The fraction of sp³-hybridized carbons (Fsp3) is 0.786. The molecule has 0 amide bonds.